The second kappa shape index (κ2) is 15.0. The molecule has 2 aliphatic rings. The summed E-state index contributed by atoms with van der Waals surface area (Å²) in [7, 11) is 0. The van der Waals surface area contributed by atoms with E-state index in [0.717, 1.165) is 5.57 Å². The lowest BCUT2D eigenvalue weighted by Gasteiger charge is -2.34. The van der Waals surface area contributed by atoms with E-state index in [1.54, 1.807) is 0 Å². The van der Waals surface area contributed by atoms with Gasteiger partial charge in [0.2, 0.25) is 0 Å². The van der Waals surface area contributed by atoms with Crippen molar-refractivity contribution >= 4 is 11.1 Å². The summed E-state index contributed by atoms with van der Waals surface area (Å²) in [5, 5.41) is 0. The van der Waals surface area contributed by atoms with Gasteiger partial charge < -0.3 is 0 Å². The number of hydrogen-bond acceptors (Lipinski definition) is 0. The highest BCUT2D eigenvalue weighted by Gasteiger charge is 2.53. The van der Waals surface area contributed by atoms with Crippen LogP contribution in [0.4, 0.5) is 0 Å². The summed E-state index contributed by atoms with van der Waals surface area (Å²) >= 11 is 0. The summed E-state index contributed by atoms with van der Waals surface area (Å²) in [6.07, 6.45) is 4.51. The van der Waals surface area contributed by atoms with Crippen LogP contribution in [0, 0.1) is 20.8 Å². The first-order valence-electron chi connectivity index (χ1n) is 21.1. The Labute approximate surface area is 355 Å². The molecule has 8 aromatic carbocycles. The first kappa shape index (κ1) is 37.3. The van der Waals surface area contributed by atoms with Crippen LogP contribution in [0.5, 0.6) is 0 Å². The third-order valence-electron chi connectivity index (χ3n) is 12.7. The average molecular weight is 769 g/mol. The molecule has 0 bridgehead atoms. The van der Waals surface area contributed by atoms with Gasteiger partial charge in [0.05, 0.1) is 5.41 Å². The molecule has 0 unspecified atom stereocenters. The number of allylic oxidation sites excluding steroid dienone is 5. The topological polar surface area (TPSA) is 0 Å². The minimum absolute atomic E-state index is 0.0427. The molecule has 0 radical (unpaired) electrons. The van der Waals surface area contributed by atoms with Gasteiger partial charge in [-0.15, -0.1) is 0 Å². The summed E-state index contributed by atoms with van der Waals surface area (Å²) in [6, 6.07) is 70.4. The van der Waals surface area contributed by atoms with Crippen LogP contribution in [0.15, 0.2) is 212 Å². The molecule has 0 heteroatoms. The van der Waals surface area contributed by atoms with Crippen molar-refractivity contribution in [2.45, 2.75) is 39.0 Å². The van der Waals surface area contributed by atoms with Gasteiger partial charge in [0.1, 0.15) is 0 Å². The standard InChI is InChI=1S/C60H48/c1-39(2)16-32-54-53-35-19-42(5)38-57(53)60(55-36-40(3)17-33-51(55)52-34-18-41(4)37-56(52)60)59(54)50-30-28-49(29-31-50)58(47-24-20-45(21-25-47)43-12-8-6-9-13-43)48-26-22-46(23-27-48)44-14-10-7-11-15-44/h6-38,58H,1H2,2-5H3/b32-16-. The van der Waals surface area contributed by atoms with Crippen molar-refractivity contribution < 1.29 is 0 Å². The normalized spacial score (nSPS) is 13.6. The minimum Gasteiger partial charge on any atom is -0.0961 e. The second-order valence-corrected chi connectivity index (χ2v) is 16.9. The molecule has 0 fully saturated rings. The zero-order chi connectivity index (χ0) is 41.0. The van der Waals surface area contributed by atoms with Gasteiger partial charge in [0.15, 0.2) is 0 Å². The van der Waals surface area contributed by atoms with E-state index in [-0.39, 0.29) is 5.92 Å². The van der Waals surface area contributed by atoms with Crippen molar-refractivity contribution in [2.24, 2.45) is 0 Å². The average Bonchev–Trinajstić information content (AvgIpc) is 3.72. The highest BCUT2D eigenvalue weighted by atomic mass is 14.5. The van der Waals surface area contributed by atoms with E-state index < -0.39 is 5.41 Å². The Morgan fingerprint density at radius 3 is 1.22 bits per heavy atom. The Morgan fingerprint density at radius 2 is 0.800 bits per heavy atom. The number of aryl methyl sites for hydroxylation is 3. The predicted molar refractivity (Wildman–Crippen MR) is 254 cm³/mol. The molecule has 8 aromatic rings. The molecule has 0 nitrogen and oxygen atoms in total. The zero-order valence-electron chi connectivity index (χ0n) is 34.8. The van der Waals surface area contributed by atoms with Crippen molar-refractivity contribution in [3.05, 3.63) is 274 Å². The lowest BCUT2D eigenvalue weighted by molar-refractivity contribution is 0.837. The maximum atomic E-state index is 4.29. The Hall–Kier alpha value is -7.02. The Bertz CT molecular complexity index is 2840. The van der Waals surface area contributed by atoms with Crippen molar-refractivity contribution in [2.75, 3.05) is 0 Å². The fourth-order valence-electron chi connectivity index (χ4n) is 9.97. The van der Waals surface area contributed by atoms with Crippen molar-refractivity contribution in [3.8, 4) is 33.4 Å². The van der Waals surface area contributed by atoms with E-state index in [1.807, 2.05) is 0 Å². The molecular formula is C60H48. The van der Waals surface area contributed by atoms with E-state index in [1.165, 1.54) is 106 Å². The first-order valence-corrected chi connectivity index (χ1v) is 21.1. The van der Waals surface area contributed by atoms with Crippen LogP contribution in [-0.2, 0) is 5.41 Å². The van der Waals surface area contributed by atoms with Gasteiger partial charge in [-0.05, 0) is 117 Å². The molecule has 0 heterocycles. The van der Waals surface area contributed by atoms with Crippen molar-refractivity contribution in [1.82, 2.24) is 0 Å². The molecule has 0 aliphatic heterocycles. The fourth-order valence-corrected chi connectivity index (χ4v) is 9.97. The quantitative estimate of drug-likeness (QED) is 0.107. The lowest BCUT2D eigenvalue weighted by atomic mass is 9.67. The monoisotopic (exact) mass is 768 g/mol. The number of rotatable bonds is 8. The van der Waals surface area contributed by atoms with E-state index in [0.29, 0.717) is 0 Å². The molecule has 0 N–H and O–H groups in total. The Morgan fingerprint density at radius 1 is 0.433 bits per heavy atom. The second-order valence-electron chi connectivity index (χ2n) is 16.9. The molecule has 0 aromatic heterocycles. The number of benzene rings is 8. The molecule has 1 spiro atoms. The van der Waals surface area contributed by atoms with Gasteiger partial charge in [-0.25, -0.2) is 0 Å². The summed E-state index contributed by atoms with van der Waals surface area (Å²) < 4.78 is 0. The van der Waals surface area contributed by atoms with Gasteiger partial charge in [-0.2, -0.15) is 0 Å². The summed E-state index contributed by atoms with van der Waals surface area (Å²) in [4.78, 5) is 0. The highest BCUT2D eigenvalue weighted by Crippen LogP contribution is 2.65. The van der Waals surface area contributed by atoms with E-state index >= 15 is 0 Å². The van der Waals surface area contributed by atoms with Crippen LogP contribution in [-0.4, -0.2) is 0 Å². The third-order valence-corrected chi connectivity index (χ3v) is 12.7. The van der Waals surface area contributed by atoms with E-state index in [4.69, 9.17) is 0 Å². The SMILES string of the molecule is C=C(C)/C=C\C1=C(c2ccc(C(c3ccc(-c4ccccc4)cc3)c3ccc(-c4ccccc4)cc3)cc2)C2(c3cc(C)ccc31)c1cc(C)ccc1-c1ccc(C)cc12. The summed E-state index contributed by atoms with van der Waals surface area (Å²) in [5.74, 6) is 0.0427. The number of hydrogen-bond donors (Lipinski definition) is 0. The smallest absolute Gasteiger partial charge is 0.0731 e. The molecule has 0 saturated heterocycles. The summed E-state index contributed by atoms with van der Waals surface area (Å²) in [5.41, 5.74) is 24.9. The van der Waals surface area contributed by atoms with Crippen molar-refractivity contribution in [3.63, 3.8) is 0 Å². The van der Waals surface area contributed by atoms with E-state index in [2.05, 4.69) is 234 Å². The molecule has 60 heavy (non-hydrogen) atoms. The van der Waals surface area contributed by atoms with E-state index in [9.17, 15) is 0 Å². The van der Waals surface area contributed by atoms with Crippen LogP contribution in [0.2, 0.25) is 0 Å². The molecular weight excluding hydrogens is 721 g/mol. The van der Waals surface area contributed by atoms with Gasteiger partial charge in [-0.3, -0.25) is 0 Å². The van der Waals surface area contributed by atoms with Gasteiger partial charge in [-0.1, -0.05) is 229 Å². The zero-order valence-corrected chi connectivity index (χ0v) is 34.8. The lowest BCUT2D eigenvalue weighted by Crippen LogP contribution is -2.27. The third kappa shape index (κ3) is 6.23. The predicted octanol–water partition coefficient (Wildman–Crippen LogP) is 15.5. The van der Waals surface area contributed by atoms with Crippen LogP contribution in [0.3, 0.4) is 0 Å². The van der Waals surface area contributed by atoms with Gasteiger partial charge >= 0.3 is 0 Å². The molecule has 0 saturated carbocycles. The minimum atomic E-state index is -0.486. The molecule has 10 rings (SSSR count). The molecule has 0 amide bonds. The molecule has 288 valence electrons. The van der Waals surface area contributed by atoms with Crippen LogP contribution >= 0.6 is 0 Å². The maximum Gasteiger partial charge on any atom is 0.0731 e. The van der Waals surface area contributed by atoms with Gasteiger partial charge in [0, 0.05) is 5.92 Å². The van der Waals surface area contributed by atoms with Crippen molar-refractivity contribution in [1.29, 1.82) is 0 Å². The molecule has 2 aliphatic carbocycles. The Kier molecular flexibility index (Phi) is 9.30. The summed E-state index contributed by atoms with van der Waals surface area (Å²) in [6.45, 7) is 13.1. The van der Waals surface area contributed by atoms with Crippen LogP contribution < -0.4 is 0 Å². The highest BCUT2D eigenvalue weighted by molar-refractivity contribution is 6.12. The van der Waals surface area contributed by atoms with Crippen LogP contribution in [0.25, 0.3) is 44.5 Å². The first-order chi connectivity index (χ1) is 29.3. The van der Waals surface area contributed by atoms with Crippen LogP contribution in [0.1, 0.15) is 74.0 Å². The number of fused-ring (bicyclic) bond motifs is 7. The largest absolute Gasteiger partial charge is 0.0961 e. The Balaban J connectivity index is 1.17. The van der Waals surface area contributed by atoms with Gasteiger partial charge in [0.25, 0.3) is 0 Å². The molecule has 0 atom stereocenters. The fraction of sp³-hybridized carbons (Fsp3) is 0.100. The maximum absolute atomic E-state index is 4.29.